The zero-order valence-corrected chi connectivity index (χ0v) is 19.4. The average Bonchev–Trinajstić information content (AvgIpc) is 3.62. The van der Waals surface area contributed by atoms with Crippen LogP contribution in [0.15, 0.2) is 12.1 Å². The highest BCUT2D eigenvalue weighted by Crippen LogP contribution is 2.50. The lowest BCUT2D eigenvalue weighted by atomic mass is 9.89. The van der Waals surface area contributed by atoms with Crippen molar-refractivity contribution in [1.29, 1.82) is 0 Å². The molecule has 2 saturated carbocycles. The second-order valence-electron chi connectivity index (χ2n) is 9.98. The van der Waals surface area contributed by atoms with Gasteiger partial charge in [-0.25, -0.2) is 4.79 Å². The number of hydrogen-bond acceptors (Lipinski definition) is 6. The van der Waals surface area contributed by atoms with Crippen LogP contribution in [0.1, 0.15) is 57.8 Å². The Hall–Kier alpha value is -2.97. The van der Waals surface area contributed by atoms with Crippen molar-refractivity contribution < 1.29 is 14.3 Å². The summed E-state index contributed by atoms with van der Waals surface area (Å²) in [6.07, 6.45) is 3.81. The summed E-state index contributed by atoms with van der Waals surface area (Å²) in [5.74, 6) is 1.12. The maximum absolute atomic E-state index is 13.3. The first kappa shape index (κ1) is 22.2. The van der Waals surface area contributed by atoms with Crippen LogP contribution >= 0.6 is 0 Å². The molecule has 0 spiro atoms. The number of ether oxygens (including phenoxy) is 1. The van der Waals surface area contributed by atoms with Crippen molar-refractivity contribution in [3.63, 3.8) is 0 Å². The van der Waals surface area contributed by atoms with Crippen molar-refractivity contribution >= 4 is 17.8 Å². The third-order valence-corrected chi connectivity index (χ3v) is 5.97. The van der Waals surface area contributed by atoms with E-state index in [0.29, 0.717) is 23.3 Å². The fourth-order valence-electron chi connectivity index (χ4n) is 4.33. The summed E-state index contributed by atoms with van der Waals surface area (Å²) >= 11 is 0. The molecule has 9 heteroatoms. The van der Waals surface area contributed by atoms with Crippen LogP contribution in [-0.4, -0.2) is 44.0 Å². The number of carbonyl (C=O) groups excluding carboxylic acids is 2. The predicted octanol–water partition coefficient (Wildman–Crippen LogP) is 3.75. The molecule has 2 fully saturated rings. The van der Waals surface area contributed by atoms with Gasteiger partial charge in [-0.1, -0.05) is 0 Å². The summed E-state index contributed by atoms with van der Waals surface area (Å²) in [4.78, 5) is 25.8. The first-order valence-electron chi connectivity index (χ1n) is 11.3. The van der Waals surface area contributed by atoms with Crippen LogP contribution in [0.4, 0.5) is 10.6 Å². The van der Waals surface area contributed by atoms with Gasteiger partial charge in [0.15, 0.2) is 5.82 Å². The normalized spacial score (nSPS) is 17.2. The number of amides is 2. The molecule has 0 saturated heterocycles. The number of aryl methyl sites for hydroxylation is 2. The molecular weight excluding hydrogens is 408 g/mol. The zero-order valence-electron chi connectivity index (χ0n) is 19.4. The van der Waals surface area contributed by atoms with Crippen LogP contribution in [0.5, 0.6) is 0 Å². The summed E-state index contributed by atoms with van der Waals surface area (Å²) in [5, 5.41) is 21.3. The average molecular weight is 441 g/mol. The standard InChI is InChI=1S/C23H32N6O3/c1-12-18(13(2)27-26-12)16-10-11-17(29-28-16)24-21(30)20(25-22(31)32-23(3,4)5)19(14-6-7-14)15-8-9-15/h10-11,14-15,19-20H,6-9H2,1-5H3,(H,25,31)(H,26,27)(H,24,29,30)/t20-/m0/s1. The molecule has 172 valence electrons. The number of aromatic amines is 1. The summed E-state index contributed by atoms with van der Waals surface area (Å²) in [7, 11) is 0. The van der Waals surface area contributed by atoms with Gasteiger partial charge in [0.1, 0.15) is 11.6 Å². The maximum atomic E-state index is 13.3. The minimum atomic E-state index is -0.662. The van der Waals surface area contributed by atoms with Crippen LogP contribution in [0.25, 0.3) is 11.3 Å². The Balaban J connectivity index is 1.50. The molecule has 2 aliphatic rings. The van der Waals surface area contributed by atoms with Crippen molar-refractivity contribution in [2.24, 2.45) is 17.8 Å². The Morgan fingerprint density at radius 2 is 1.75 bits per heavy atom. The number of alkyl carbamates (subject to hydrolysis) is 1. The van der Waals surface area contributed by atoms with Crippen molar-refractivity contribution in [2.75, 3.05) is 5.32 Å². The van der Waals surface area contributed by atoms with E-state index in [-0.39, 0.29) is 11.8 Å². The van der Waals surface area contributed by atoms with E-state index < -0.39 is 17.7 Å². The molecular formula is C23H32N6O3. The van der Waals surface area contributed by atoms with Gasteiger partial charge in [-0.2, -0.15) is 5.10 Å². The van der Waals surface area contributed by atoms with Crippen LogP contribution in [0.2, 0.25) is 0 Å². The third-order valence-electron chi connectivity index (χ3n) is 5.97. The highest BCUT2D eigenvalue weighted by Gasteiger charge is 2.48. The Morgan fingerprint density at radius 3 is 2.22 bits per heavy atom. The minimum Gasteiger partial charge on any atom is -0.444 e. The summed E-state index contributed by atoms with van der Waals surface area (Å²) in [5.41, 5.74) is 2.70. The number of nitrogens with zero attached hydrogens (tertiary/aromatic N) is 3. The van der Waals surface area contributed by atoms with E-state index in [1.807, 2.05) is 40.7 Å². The van der Waals surface area contributed by atoms with Gasteiger partial charge in [-0.15, -0.1) is 10.2 Å². The second kappa shape index (κ2) is 8.52. The molecule has 2 aliphatic carbocycles. The van der Waals surface area contributed by atoms with Gasteiger partial charge in [0.05, 0.1) is 11.4 Å². The molecule has 1 atom stereocenters. The van der Waals surface area contributed by atoms with Gasteiger partial charge >= 0.3 is 6.09 Å². The predicted molar refractivity (Wildman–Crippen MR) is 120 cm³/mol. The molecule has 9 nitrogen and oxygen atoms in total. The third kappa shape index (κ3) is 5.26. The van der Waals surface area contributed by atoms with E-state index in [1.54, 1.807) is 6.07 Å². The molecule has 0 aromatic carbocycles. The van der Waals surface area contributed by atoms with E-state index in [4.69, 9.17) is 4.74 Å². The molecule has 2 amide bonds. The Bertz CT molecular complexity index is 955. The monoisotopic (exact) mass is 440 g/mol. The fraction of sp³-hybridized carbons (Fsp3) is 0.609. The minimum absolute atomic E-state index is 0.117. The van der Waals surface area contributed by atoms with Crippen molar-refractivity contribution in [2.45, 2.75) is 71.9 Å². The molecule has 3 N–H and O–H groups in total. The number of aromatic nitrogens is 4. The number of anilines is 1. The topological polar surface area (TPSA) is 122 Å². The number of rotatable bonds is 7. The van der Waals surface area contributed by atoms with Crippen molar-refractivity contribution in [1.82, 2.24) is 25.7 Å². The first-order valence-corrected chi connectivity index (χ1v) is 11.3. The number of H-pyrrole nitrogens is 1. The Kier molecular flexibility index (Phi) is 5.92. The second-order valence-corrected chi connectivity index (χ2v) is 9.98. The zero-order chi connectivity index (χ0) is 23.0. The molecule has 2 heterocycles. The van der Waals surface area contributed by atoms with E-state index in [9.17, 15) is 9.59 Å². The molecule has 4 rings (SSSR count). The van der Waals surface area contributed by atoms with Gasteiger partial charge in [0, 0.05) is 11.3 Å². The number of nitrogens with one attached hydrogen (secondary N) is 3. The van der Waals surface area contributed by atoms with Gasteiger partial charge < -0.3 is 15.4 Å². The highest BCUT2D eigenvalue weighted by atomic mass is 16.6. The van der Waals surface area contributed by atoms with Gasteiger partial charge in [0.2, 0.25) is 5.91 Å². The van der Waals surface area contributed by atoms with Crippen LogP contribution in [0.3, 0.4) is 0 Å². The fourth-order valence-corrected chi connectivity index (χ4v) is 4.33. The number of hydrogen-bond donors (Lipinski definition) is 3. The van der Waals surface area contributed by atoms with Gasteiger partial charge in [0.25, 0.3) is 0 Å². The van der Waals surface area contributed by atoms with Crippen LogP contribution in [-0.2, 0) is 9.53 Å². The van der Waals surface area contributed by atoms with Crippen molar-refractivity contribution in [3.05, 3.63) is 23.5 Å². The lowest BCUT2D eigenvalue weighted by molar-refractivity contribution is -0.120. The molecule has 0 unspecified atom stereocenters. The molecule has 0 aliphatic heterocycles. The van der Waals surface area contributed by atoms with E-state index in [2.05, 4.69) is 31.0 Å². The summed E-state index contributed by atoms with van der Waals surface area (Å²) < 4.78 is 5.43. The quantitative estimate of drug-likeness (QED) is 0.603. The first-order chi connectivity index (χ1) is 15.1. The van der Waals surface area contributed by atoms with Crippen molar-refractivity contribution in [3.8, 4) is 11.3 Å². The maximum Gasteiger partial charge on any atom is 0.408 e. The lowest BCUT2D eigenvalue weighted by Gasteiger charge is -2.28. The van der Waals surface area contributed by atoms with Gasteiger partial charge in [-0.05, 0) is 90.2 Å². The molecule has 2 aromatic rings. The van der Waals surface area contributed by atoms with E-state index >= 15 is 0 Å². The molecule has 0 radical (unpaired) electrons. The van der Waals surface area contributed by atoms with E-state index in [1.165, 1.54) is 0 Å². The van der Waals surface area contributed by atoms with E-state index in [0.717, 1.165) is 42.6 Å². The molecule has 2 aromatic heterocycles. The van der Waals surface area contributed by atoms with Crippen LogP contribution < -0.4 is 10.6 Å². The SMILES string of the molecule is Cc1n[nH]c(C)c1-c1ccc(NC(=O)[C@@H](NC(=O)OC(C)(C)C)C(C2CC2)C2CC2)nn1. The highest BCUT2D eigenvalue weighted by molar-refractivity contribution is 5.96. The largest absolute Gasteiger partial charge is 0.444 e. The molecule has 0 bridgehead atoms. The molecule has 32 heavy (non-hydrogen) atoms. The van der Waals surface area contributed by atoms with Crippen LogP contribution in [0, 0.1) is 31.6 Å². The Morgan fingerprint density at radius 1 is 1.09 bits per heavy atom. The summed E-state index contributed by atoms with van der Waals surface area (Å²) in [6.45, 7) is 9.25. The lowest BCUT2D eigenvalue weighted by Crippen LogP contribution is -2.51. The smallest absolute Gasteiger partial charge is 0.408 e. The Labute approximate surface area is 188 Å². The summed E-state index contributed by atoms with van der Waals surface area (Å²) in [6, 6.07) is 2.87. The van der Waals surface area contributed by atoms with Gasteiger partial charge in [-0.3, -0.25) is 9.89 Å². The number of carbonyl (C=O) groups is 2.